The predicted molar refractivity (Wildman–Crippen MR) is 82.2 cm³/mol. The average molecular weight is 416 g/mol. The molecule has 0 N–H and O–H groups in total. The van der Waals surface area contributed by atoms with E-state index in [1.807, 2.05) is 6.07 Å². The first-order chi connectivity index (χ1) is 8.79. The Bertz CT molecular complexity index is 564. The van der Waals surface area contributed by atoms with E-state index in [9.17, 15) is 0 Å². The number of benzene rings is 1. The fourth-order valence-corrected chi connectivity index (χ4v) is 2.97. The van der Waals surface area contributed by atoms with E-state index < -0.39 is 5.60 Å². The maximum Gasteiger partial charge on any atom is 2.00 e. The fourth-order valence-electron chi connectivity index (χ4n) is 2.50. The van der Waals surface area contributed by atoms with E-state index in [1.54, 1.807) is 12.1 Å². The van der Waals surface area contributed by atoms with Crippen LogP contribution in [0.25, 0.3) is 0 Å². The van der Waals surface area contributed by atoms with Crippen molar-refractivity contribution in [1.29, 1.82) is 0 Å². The Morgan fingerprint density at radius 3 is 1.59 bits per heavy atom. The summed E-state index contributed by atoms with van der Waals surface area (Å²) in [5, 5.41) is 1.08. The molecule has 1 nitrogen and oxygen atoms in total. The van der Waals surface area contributed by atoms with E-state index in [0.29, 0.717) is 15.8 Å². The minimum Gasteiger partial charge on any atom is -1.00 e. The quantitative estimate of drug-likeness (QED) is 0.609. The molecule has 0 unspecified atom stereocenters. The summed E-state index contributed by atoms with van der Waals surface area (Å²) < 4.78 is 6.21. The molecule has 0 heterocycles. The zero-order valence-electron chi connectivity index (χ0n) is 13.2. The summed E-state index contributed by atoms with van der Waals surface area (Å²) in [7, 11) is 0. The second-order valence-corrected chi connectivity index (χ2v) is 6.00. The molecule has 1 aromatic carbocycles. The van der Waals surface area contributed by atoms with Gasteiger partial charge in [-0.05, 0) is 69.0 Å². The summed E-state index contributed by atoms with van der Waals surface area (Å²) in [5.41, 5.74) is 4.51. The molecule has 0 aromatic heterocycles. The molecule has 0 saturated heterocycles. The first-order valence-electron chi connectivity index (χ1n) is 6.28. The van der Waals surface area contributed by atoms with Crippen molar-refractivity contribution in [3.8, 4) is 5.75 Å². The van der Waals surface area contributed by atoms with Crippen LogP contribution < -0.4 is 29.6 Å². The molecule has 1 aliphatic rings. The Morgan fingerprint density at radius 1 is 0.864 bits per heavy atom. The zero-order valence-corrected chi connectivity index (χ0v) is 17.7. The Hall–Kier alpha value is 0.374. The van der Waals surface area contributed by atoms with Gasteiger partial charge >= 0.3 is 21.7 Å². The summed E-state index contributed by atoms with van der Waals surface area (Å²) in [6, 6.07) is 5.40. The van der Waals surface area contributed by atoms with E-state index in [4.69, 9.17) is 27.9 Å². The SMILES string of the molecule is CC1=C(C)C(C)(Oc2c(Cl)cccc2Cl)C(C)=C1C.[Cl-].[Cl-].[Ti+2]. The van der Waals surface area contributed by atoms with Crippen molar-refractivity contribution in [2.45, 2.75) is 40.2 Å². The number of allylic oxidation sites excluding steroid dienone is 2. The van der Waals surface area contributed by atoms with Crippen LogP contribution in [0.4, 0.5) is 0 Å². The minimum atomic E-state index is -0.469. The molecule has 0 fully saturated rings. The number of rotatable bonds is 2. The predicted octanol–water partition coefficient (Wildman–Crippen LogP) is -0.177. The van der Waals surface area contributed by atoms with Gasteiger partial charge < -0.3 is 29.6 Å². The van der Waals surface area contributed by atoms with E-state index in [1.165, 1.54) is 22.3 Å². The standard InChI is InChI=1S/C16H18Cl2O.2ClH.Ti/c1-9-10(2)12(4)16(5,11(9)3)19-15-13(17)7-6-8-14(15)18;;;/h6-8H,1-5H3;2*1H;/q;;;+2/p-2. The van der Waals surface area contributed by atoms with Gasteiger partial charge in [0, 0.05) is 0 Å². The fraction of sp³-hybridized carbons (Fsp3) is 0.375. The van der Waals surface area contributed by atoms with Crippen LogP contribution in [0.5, 0.6) is 5.75 Å². The first kappa shape index (κ1) is 24.6. The zero-order chi connectivity index (χ0) is 14.4. The van der Waals surface area contributed by atoms with Crippen LogP contribution in [0.3, 0.4) is 0 Å². The molecule has 120 valence electrons. The van der Waals surface area contributed by atoms with Crippen molar-refractivity contribution >= 4 is 23.2 Å². The summed E-state index contributed by atoms with van der Waals surface area (Å²) in [5.74, 6) is 0.550. The Balaban J connectivity index is 0. The second-order valence-electron chi connectivity index (χ2n) is 5.19. The molecular weight excluding hydrogens is 398 g/mol. The summed E-state index contributed by atoms with van der Waals surface area (Å²) in [6.45, 7) is 10.5. The van der Waals surface area contributed by atoms with Gasteiger partial charge in [-0.3, -0.25) is 0 Å². The van der Waals surface area contributed by atoms with Gasteiger partial charge in [-0.25, -0.2) is 0 Å². The van der Waals surface area contributed by atoms with Gasteiger partial charge in [-0.2, -0.15) is 0 Å². The van der Waals surface area contributed by atoms with E-state index in [-0.39, 0.29) is 46.5 Å². The number of ether oxygens (including phenoxy) is 1. The van der Waals surface area contributed by atoms with E-state index in [0.717, 1.165) is 0 Å². The minimum absolute atomic E-state index is 0. The molecule has 1 aromatic rings. The third kappa shape index (κ3) is 4.07. The molecule has 6 heteroatoms. The molecule has 0 atom stereocenters. The van der Waals surface area contributed by atoms with Crippen molar-refractivity contribution in [2.24, 2.45) is 0 Å². The van der Waals surface area contributed by atoms with Crippen molar-refractivity contribution in [3.63, 3.8) is 0 Å². The maximum atomic E-state index is 6.21. The molecule has 0 amide bonds. The van der Waals surface area contributed by atoms with Gasteiger partial charge in [0.15, 0.2) is 5.75 Å². The van der Waals surface area contributed by atoms with Gasteiger partial charge in [-0.15, -0.1) is 0 Å². The Labute approximate surface area is 170 Å². The Morgan fingerprint density at radius 2 is 1.23 bits per heavy atom. The number of para-hydroxylation sites is 1. The normalized spacial score (nSPS) is 15.8. The third-order valence-corrected chi connectivity index (χ3v) is 4.94. The van der Waals surface area contributed by atoms with Crippen LogP contribution >= 0.6 is 23.2 Å². The van der Waals surface area contributed by atoms with E-state index >= 15 is 0 Å². The first-order valence-corrected chi connectivity index (χ1v) is 7.04. The molecule has 0 spiro atoms. The van der Waals surface area contributed by atoms with Crippen LogP contribution in [-0.2, 0) is 21.7 Å². The smallest absolute Gasteiger partial charge is 1.00 e. The van der Waals surface area contributed by atoms with Crippen LogP contribution in [0, 0.1) is 0 Å². The number of hydrogen-bond acceptors (Lipinski definition) is 1. The molecule has 0 bridgehead atoms. The largest absolute Gasteiger partial charge is 2.00 e. The summed E-state index contributed by atoms with van der Waals surface area (Å²) in [6.07, 6.45) is 0. The van der Waals surface area contributed by atoms with Gasteiger partial charge in [0.05, 0.1) is 10.0 Å². The van der Waals surface area contributed by atoms with Crippen molar-refractivity contribution < 1.29 is 51.3 Å². The van der Waals surface area contributed by atoms with Crippen molar-refractivity contribution in [3.05, 3.63) is 50.5 Å². The van der Waals surface area contributed by atoms with Crippen LogP contribution in [0.1, 0.15) is 34.6 Å². The van der Waals surface area contributed by atoms with Gasteiger partial charge in [0.25, 0.3) is 0 Å². The third-order valence-electron chi connectivity index (χ3n) is 4.34. The second kappa shape index (κ2) is 9.01. The topological polar surface area (TPSA) is 9.23 Å². The van der Waals surface area contributed by atoms with Crippen molar-refractivity contribution in [1.82, 2.24) is 0 Å². The molecule has 0 radical (unpaired) electrons. The van der Waals surface area contributed by atoms with Crippen LogP contribution in [0.15, 0.2) is 40.5 Å². The molecular formula is C16H18Cl4OTi. The number of halogens is 4. The number of hydrogen-bond donors (Lipinski definition) is 0. The van der Waals surface area contributed by atoms with Gasteiger partial charge in [0.1, 0.15) is 5.60 Å². The molecule has 0 aliphatic heterocycles. The summed E-state index contributed by atoms with van der Waals surface area (Å²) >= 11 is 12.4. The van der Waals surface area contributed by atoms with Crippen molar-refractivity contribution in [2.75, 3.05) is 0 Å². The monoisotopic (exact) mass is 414 g/mol. The molecule has 2 rings (SSSR count). The van der Waals surface area contributed by atoms with Gasteiger partial charge in [-0.1, -0.05) is 29.3 Å². The molecule has 0 saturated carbocycles. The molecule has 1 aliphatic carbocycles. The molecule has 22 heavy (non-hydrogen) atoms. The summed E-state index contributed by atoms with van der Waals surface area (Å²) in [4.78, 5) is 0. The average Bonchev–Trinajstić information content (AvgIpc) is 2.51. The Kier molecular flexibility index (Phi) is 10.1. The van der Waals surface area contributed by atoms with E-state index in [2.05, 4.69) is 34.6 Å². The van der Waals surface area contributed by atoms with Crippen LogP contribution in [0.2, 0.25) is 10.0 Å². The van der Waals surface area contributed by atoms with Crippen LogP contribution in [-0.4, -0.2) is 5.60 Å². The van der Waals surface area contributed by atoms with Gasteiger partial charge in [0.2, 0.25) is 0 Å². The maximum absolute atomic E-state index is 6.21.